The van der Waals surface area contributed by atoms with E-state index < -0.39 is 37.1 Å². The number of carbonyl (C=O) groups is 1. The minimum absolute atomic E-state index is 0.114. The van der Waals surface area contributed by atoms with E-state index in [4.69, 9.17) is 9.47 Å². The van der Waals surface area contributed by atoms with Crippen molar-refractivity contribution in [2.45, 2.75) is 38.0 Å². The van der Waals surface area contributed by atoms with Gasteiger partial charge >= 0.3 is 5.97 Å². The van der Waals surface area contributed by atoms with Crippen LogP contribution in [0.3, 0.4) is 0 Å². The summed E-state index contributed by atoms with van der Waals surface area (Å²) in [6.45, 7) is 1.73. The average Bonchev–Trinajstić information content (AvgIpc) is 3.31. The number of esters is 1. The highest BCUT2D eigenvalue weighted by Crippen LogP contribution is 2.34. The second kappa shape index (κ2) is 8.94. The first-order valence-corrected chi connectivity index (χ1v) is 9.85. The third-order valence-corrected chi connectivity index (χ3v) is 5.01. The van der Waals surface area contributed by atoms with Crippen LogP contribution in [-0.4, -0.2) is 72.3 Å². The lowest BCUT2D eigenvalue weighted by molar-refractivity contribution is -0.0525. The maximum absolute atomic E-state index is 12.6. The number of aromatic nitrogens is 4. The van der Waals surface area contributed by atoms with Crippen molar-refractivity contribution in [1.82, 2.24) is 19.5 Å². The largest absolute Gasteiger partial charge is 0.460 e. The summed E-state index contributed by atoms with van der Waals surface area (Å²) in [4.78, 5) is 25.4. The molecule has 4 atom stereocenters. The number of carbonyl (C=O) groups excluding carboxylic acids is 1. The summed E-state index contributed by atoms with van der Waals surface area (Å²) in [7, 11) is 0. The molecule has 1 saturated heterocycles. The van der Waals surface area contributed by atoms with Gasteiger partial charge in [-0.2, -0.15) is 0 Å². The Morgan fingerprint density at radius 3 is 2.68 bits per heavy atom. The molecule has 4 rings (SSSR count). The SMILES string of the molecule is CCOC(=O)c1nc2c(NCc3ccccc3)ncnc2n1[C@@H]1O[C@H](CO)[C@@H](O)[C@H]1O. The van der Waals surface area contributed by atoms with Crippen LogP contribution in [0.15, 0.2) is 36.7 Å². The molecule has 1 aromatic carbocycles. The molecule has 11 nitrogen and oxygen atoms in total. The predicted molar refractivity (Wildman–Crippen MR) is 108 cm³/mol. The highest BCUT2D eigenvalue weighted by atomic mass is 16.6. The third kappa shape index (κ3) is 3.95. The van der Waals surface area contributed by atoms with E-state index >= 15 is 0 Å². The molecule has 1 aliphatic rings. The second-order valence-corrected chi connectivity index (χ2v) is 6.99. The zero-order valence-corrected chi connectivity index (χ0v) is 16.8. The summed E-state index contributed by atoms with van der Waals surface area (Å²) >= 11 is 0. The van der Waals surface area contributed by atoms with Crippen LogP contribution in [0.25, 0.3) is 11.2 Å². The Morgan fingerprint density at radius 1 is 1.23 bits per heavy atom. The van der Waals surface area contributed by atoms with Crippen LogP contribution in [0.4, 0.5) is 5.82 Å². The van der Waals surface area contributed by atoms with Crippen molar-refractivity contribution in [3.63, 3.8) is 0 Å². The molecule has 0 spiro atoms. The standard InChI is InChI=1S/C20H23N5O6/c1-2-30-20(29)18-24-13-16(21-8-11-6-4-3-5-7-11)22-10-23-17(13)25(18)19-15(28)14(27)12(9-26)31-19/h3-7,10,12,14-15,19,26-28H,2,8-9H2,1H3,(H,21,22,23)/t12-,14-,15-,19-/m1/s1. The summed E-state index contributed by atoms with van der Waals surface area (Å²) < 4.78 is 12.0. The van der Waals surface area contributed by atoms with Crippen LogP contribution in [0.1, 0.15) is 29.3 Å². The van der Waals surface area contributed by atoms with Gasteiger partial charge in [-0.15, -0.1) is 0 Å². The van der Waals surface area contributed by atoms with E-state index in [1.54, 1.807) is 6.92 Å². The number of nitrogens with one attached hydrogen (secondary N) is 1. The van der Waals surface area contributed by atoms with Crippen molar-refractivity contribution < 1.29 is 29.6 Å². The molecule has 31 heavy (non-hydrogen) atoms. The fourth-order valence-corrected chi connectivity index (χ4v) is 3.49. The summed E-state index contributed by atoms with van der Waals surface area (Å²) in [5.41, 5.74) is 1.51. The molecule has 1 fully saturated rings. The maximum atomic E-state index is 12.6. The van der Waals surface area contributed by atoms with Crippen molar-refractivity contribution in [1.29, 1.82) is 0 Å². The van der Waals surface area contributed by atoms with Gasteiger partial charge in [0.25, 0.3) is 0 Å². The quantitative estimate of drug-likeness (QED) is 0.384. The monoisotopic (exact) mass is 429 g/mol. The van der Waals surface area contributed by atoms with Gasteiger partial charge in [-0.3, -0.25) is 4.57 Å². The second-order valence-electron chi connectivity index (χ2n) is 6.99. The van der Waals surface area contributed by atoms with Gasteiger partial charge in [-0.1, -0.05) is 30.3 Å². The van der Waals surface area contributed by atoms with Crippen LogP contribution >= 0.6 is 0 Å². The molecule has 0 radical (unpaired) electrons. The fraction of sp³-hybridized carbons (Fsp3) is 0.400. The molecule has 0 bridgehead atoms. The van der Waals surface area contributed by atoms with Crippen LogP contribution in [0.2, 0.25) is 0 Å². The molecule has 2 aromatic heterocycles. The number of imidazole rings is 1. The van der Waals surface area contributed by atoms with Gasteiger partial charge in [0.1, 0.15) is 24.6 Å². The van der Waals surface area contributed by atoms with Gasteiger partial charge in [-0.05, 0) is 12.5 Å². The molecule has 164 valence electrons. The number of ether oxygens (including phenoxy) is 2. The fourth-order valence-electron chi connectivity index (χ4n) is 3.49. The Balaban J connectivity index is 1.77. The zero-order chi connectivity index (χ0) is 22.0. The molecular weight excluding hydrogens is 406 g/mol. The van der Waals surface area contributed by atoms with E-state index in [2.05, 4.69) is 20.3 Å². The van der Waals surface area contributed by atoms with Gasteiger partial charge < -0.3 is 30.1 Å². The summed E-state index contributed by atoms with van der Waals surface area (Å²) in [5, 5.41) is 33.3. The lowest BCUT2D eigenvalue weighted by atomic mass is 10.1. The first-order valence-electron chi connectivity index (χ1n) is 9.85. The Kier molecular flexibility index (Phi) is 6.09. The molecule has 3 aromatic rings. The number of hydrogen-bond acceptors (Lipinski definition) is 10. The van der Waals surface area contributed by atoms with E-state index in [1.807, 2.05) is 30.3 Å². The minimum Gasteiger partial charge on any atom is -0.460 e. The molecular formula is C20H23N5O6. The van der Waals surface area contributed by atoms with Crippen molar-refractivity contribution in [2.24, 2.45) is 0 Å². The predicted octanol–water partition coefficient (Wildman–Crippen LogP) is 0.227. The molecule has 0 unspecified atom stereocenters. The van der Waals surface area contributed by atoms with Gasteiger partial charge in [0, 0.05) is 6.54 Å². The Labute approximate surface area is 177 Å². The van der Waals surface area contributed by atoms with E-state index in [-0.39, 0.29) is 23.6 Å². The number of anilines is 1. The highest BCUT2D eigenvalue weighted by molar-refractivity contribution is 5.93. The molecule has 3 heterocycles. The number of fused-ring (bicyclic) bond motifs is 1. The number of benzene rings is 1. The summed E-state index contributed by atoms with van der Waals surface area (Å²) in [6, 6.07) is 9.66. The van der Waals surface area contributed by atoms with E-state index in [0.717, 1.165) is 5.56 Å². The summed E-state index contributed by atoms with van der Waals surface area (Å²) in [6.07, 6.45) is -3.69. The zero-order valence-electron chi connectivity index (χ0n) is 16.8. The van der Waals surface area contributed by atoms with E-state index in [1.165, 1.54) is 10.9 Å². The highest BCUT2D eigenvalue weighted by Gasteiger charge is 2.45. The topological polar surface area (TPSA) is 152 Å². The Bertz CT molecular complexity index is 1060. The van der Waals surface area contributed by atoms with E-state index in [9.17, 15) is 20.1 Å². The van der Waals surface area contributed by atoms with Crippen molar-refractivity contribution in [2.75, 3.05) is 18.5 Å². The van der Waals surface area contributed by atoms with Crippen LogP contribution < -0.4 is 5.32 Å². The normalized spacial score (nSPS) is 23.2. The van der Waals surface area contributed by atoms with Gasteiger partial charge in [0.2, 0.25) is 5.82 Å². The van der Waals surface area contributed by atoms with Crippen molar-refractivity contribution in [3.05, 3.63) is 48.0 Å². The molecule has 11 heteroatoms. The number of aliphatic hydroxyl groups excluding tert-OH is 3. The van der Waals surface area contributed by atoms with Crippen molar-refractivity contribution >= 4 is 23.0 Å². The molecule has 0 amide bonds. The number of aliphatic hydroxyl groups is 3. The van der Waals surface area contributed by atoms with Crippen LogP contribution in [0, 0.1) is 0 Å². The first-order chi connectivity index (χ1) is 15.0. The Hall–Kier alpha value is -3.12. The molecule has 1 aliphatic heterocycles. The number of rotatable bonds is 7. The molecule has 4 N–H and O–H groups in total. The lowest BCUT2D eigenvalue weighted by Crippen LogP contribution is -2.33. The van der Waals surface area contributed by atoms with Crippen LogP contribution in [-0.2, 0) is 16.0 Å². The maximum Gasteiger partial charge on any atom is 0.374 e. The van der Waals surface area contributed by atoms with Crippen LogP contribution in [0.5, 0.6) is 0 Å². The van der Waals surface area contributed by atoms with E-state index in [0.29, 0.717) is 12.4 Å². The number of nitrogens with zero attached hydrogens (tertiary/aromatic N) is 4. The molecule has 0 aliphatic carbocycles. The minimum atomic E-state index is -1.42. The van der Waals surface area contributed by atoms with Gasteiger partial charge in [0.15, 0.2) is 23.2 Å². The van der Waals surface area contributed by atoms with Gasteiger partial charge in [0.05, 0.1) is 13.2 Å². The Morgan fingerprint density at radius 2 is 2.00 bits per heavy atom. The summed E-state index contributed by atoms with van der Waals surface area (Å²) in [5.74, 6) is -0.521. The number of hydrogen-bond donors (Lipinski definition) is 4. The lowest BCUT2D eigenvalue weighted by Gasteiger charge is -2.18. The smallest absolute Gasteiger partial charge is 0.374 e. The first kappa shape index (κ1) is 21.1. The van der Waals surface area contributed by atoms with Crippen molar-refractivity contribution in [3.8, 4) is 0 Å². The molecule has 0 saturated carbocycles. The third-order valence-electron chi connectivity index (χ3n) is 5.01. The van der Waals surface area contributed by atoms with Gasteiger partial charge in [-0.25, -0.2) is 19.7 Å². The average molecular weight is 429 g/mol.